The number of anilines is 1. The van der Waals surface area contributed by atoms with E-state index in [1.165, 1.54) is 24.3 Å². The molecule has 204 valence electrons. The number of aryl methyl sites for hydroxylation is 1. The van der Waals surface area contributed by atoms with E-state index in [4.69, 9.17) is 9.47 Å². The number of β-lactam (4-membered cyclic amide) rings is 1. The summed E-state index contributed by atoms with van der Waals surface area (Å²) >= 11 is 0. The molecule has 0 spiro atoms. The summed E-state index contributed by atoms with van der Waals surface area (Å²) in [4.78, 5) is 25.7. The zero-order chi connectivity index (χ0) is 27.4. The van der Waals surface area contributed by atoms with Crippen LogP contribution in [0.15, 0.2) is 72.8 Å². The molecule has 2 fully saturated rings. The SMILES string of the molecule is O=CCOC1(CCc2ccc(C3[C@@H](CCC(O)c4ccc(F)cc4)C(=O)N3c3ccc(F)cc3)cc2)COC1. The minimum Gasteiger partial charge on any atom is -0.388 e. The van der Waals surface area contributed by atoms with Crippen molar-refractivity contribution >= 4 is 17.9 Å². The average Bonchev–Trinajstić information content (AvgIpc) is 2.92. The first-order valence-electron chi connectivity index (χ1n) is 13.2. The van der Waals surface area contributed by atoms with Gasteiger partial charge in [0.2, 0.25) is 5.91 Å². The van der Waals surface area contributed by atoms with Crippen molar-refractivity contribution in [2.24, 2.45) is 5.92 Å². The fraction of sp³-hybridized carbons (Fsp3) is 0.355. The van der Waals surface area contributed by atoms with Crippen LogP contribution in [0.3, 0.4) is 0 Å². The van der Waals surface area contributed by atoms with Gasteiger partial charge < -0.3 is 24.3 Å². The molecular formula is C31H31F2NO5. The van der Waals surface area contributed by atoms with Crippen molar-refractivity contribution in [3.8, 4) is 0 Å². The van der Waals surface area contributed by atoms with E-state index in [1.54, 1.807) is 29.2 Å². The van der Waals surface area contributed by atoms with E-state index in [1.807, 2.05) is 24.3 Å². The highest BCUT2D eigenvalue weighted by atomic mass is 19.1. The molecule has 1 amide bonds. The molecular weight excluding hydrogens is 504 g/mol. The van der Waals surface area contributed by atoms with Gasteiger partial charge in [-0.15, -0.1) is 0 Å². The molecule has 0 aromatic heterocycles. The first-order chi connectivity index (χ1) is 18.9. The van der Waals surface area contributed by atoms with Crippen molar-refractivity contribution in [2.75, 3.05) is 24.7 Å². The third kappa shape index (κ3) is 5.93. The summed E-state index contributed by atoms with van der Waals surface area (Å²) in [5, 5.41) is 10.6. The number of carbonyl (C=O) groups excluding carboxylic acids is 2. The molecule has 3 aromatic carbocycles. The van der Waals surface area contributed by atoms with Crippen molar-refractivity contribution in [2.45, 2.75) is 43.4 Å². The summed E-state index contributed by atoms with van der Waals surface area (Å²) in [6.45, 7) is 0.997. The Balaban J connectivity index is 1.30. The number of amides is 1. The van der Waals surface area contributed by atoms with Crippen molar-refractivity contribution in [1.29, 1.82) is 0 Å². The van der Waals surface area contributed by atoms with E-state index >= 15 is 0 Å². The van der Waals surface area contributed by atoms with Crippen molar-refractivity contribution in [3.05, 3.63) is 101 Å². The van der Waals surface area contributed by atoms with Crippen LogP contribution in [0.25, 0.3) is 0 Å². The van der Waals surface area contributed by atoms with Gasteiger partial charge in [-0.3, -0.25) is 4.79 Å². The van der Waals surface area contributed by atoms with Gasteiger partial charge in [0.05, 0.1) is 31.3 Å². The van der Waals surface area contributed by atoms with Gasteiger partial charge >= 0.3 is 0 Å². The standard InChI is InChI=1S/C31H31F2NO5/c32-24-7-5-22(6-8-24)28(36)14-13-27-29(34(30(27)37)26-11-9-25(33)10-12-26)23-3-1-21(2-4-23)15-16-31(19-38-20-31)39-18-17-35/h1-12,17,27-29,36H,13-16,18-20H2/t27-,28?,29?/m1/s1. The van der Waals surface area contributed by atoms with Gasteiger partial charge in [0.15, 0.2) is 0 Å². The maximum absolute atomic E-state index is 13.6. The van der Waals surface area contributed by atoms with Crippen LogP contribution >= 0.6 is 0 Å². The zero-order valence-corrected chi connectivity index (χ0v) is 21.5. The number of carbonyl (C=O) groups is 2. The molecule has 2 saturated heterocycles. The fourth-order valence-electron chi connectivity index (χ4n) is 5.38. The zero-order valence-electron chi connectivity index (χ0n) is 21.5. The third-order valence-electron chi connectivity index (χ3n) is 7.70. The highest BCUT2D eigenvalue weighted by Crippen LogP contribution is 2.46. The van der Waals surface area contributed by atoms with Crippen LogP contribution < -0.4 is 4.90 Å². The molecule has 0 radical (unpaired) electrons. The summed E-state index contributed by atoms with van der Waals surface area (Å²) in [7, 11) is 0. The van der Waals surface area contributed by atoms with Gasteiger partial charge in [-0.05, 0) is 78.8 Å². The summed E-state index contributed by atoms with van der Waals surface area (Å²) in [5.41, 5.74) is 2.84. The molecule has 1 N–H and O–H groups in total. The first kappa shape index (κ1) is 27.1. The molecule has 0 aliphatic carbocycles. The first-order valence-corrected chi connectivity index (χ1v) is 13.2. The van der Waals surface area contributed by atoms with E-state index in [0.29, 0.717) is 37.3 Å². The second kappa shape index (κ2) is 11.7. The molecule has 2 unspecified atom stereocenters. The number of aldehydes is 1. The van der Waals surface area contributed by atoms with E-state index in [0.717, 1.165) is 30.3 Å². The Kier molecular flexibility index (Phi) is 8.16. The monoisotopic (exact) mass is 535 g/mol. The van der Waals surface area contributed by atoms with E-state index in [2.05, 4.69) is 0 Å². The van der Waals surface area contributed by atoms with Crippen LogP contribution in [-0.2, 0) is 25.5 Å². The van der Waals surface area contributed by atoms with Crippen molar-refractivity contribution < 1.29 is 33.0 Å². The molecule has 2 aliphatic heterocycles. The molecule has 5 rings (SSSR count). The Morgan fingerprint density at radius 2 is 1.64 bits per heavy atom. The lowest BCUT2D eigenvalue weighted by Gasteiger charge is -2.48. The minimum absolute atomic E-state index is 0.0501. The Hall–Kier alpha value is -3.46. The second-order valence-corrected chi connectivity index (χ2v) is 10.3. The van der Waals surface area contributed by atoms with Crippen LogP contribution in [-0.4, -0.2) is 42.7 Å². The van der Waals surface area contributed by atoms with Crippen LogP contribution in [0, 0.1) is 17.6 Å². The smallest absolute Gasteiger partial charge is 0.233 e. The number of nitrogens with zero attached hydrogens (tertiary/aromatic N) is 1. The number of halogens is 2. The summed E-state index contributed by atoms with van der Waals surface area (Å²) in [6, 6.07) is 19.4. The molecule has 2 heterocycles. The number of aliphatic hydroxyl groups excluding tert-OH is 1. The van der Waals surface area contributed by atoms with Crippen LogP contribution in [0.5, 0.6) is 0 Å². The summed E-state index contributed by atoms with van der Waals surface area (Å²) in [6.07, 6.45) is 2.20. The highest BCUT2D eigenvalue weighted by molar-refractivity contribution is 6.03. The lowest BCUT2D eigenvalue weighted by Crippen LogP contribution is -2.55. The molecule has 2 aliphatic rings. The van der Waals surface area contributed by atoms with Gasteiger partial charge in [-0.25, -0.2) is 8.78 Å². The Morgan fingerprint density at radius 1 is 1.00 bits per heavy atom. The second-order valence-electron chi connectivity index (χ2n) is 10.3. The largest absolute Gasteiger partial charge is 0.388 e. The fourth-order valence-corrected chi connectivity index (χ4v) is 5.38. The van der Waals surface area contributed by atoms with E-state index < -0.39 is 11.7 Å². The number of hydrogen-bond donors (Lipinski definition) is 1. The number of aliphatic hydroxyl groups is 1. The average molecular weight is 536 g/mol. The van der Waals surface area contributed by atoms with Crippen LogP contribution in [0.4, 0.5) is 14.5 Å². The molecule has 3 atom stereocenters. The number of rotatable bonds is 12. The maximum atomic E-state index is 13.6. The number of ether oxygens (including phenoxy) is 2. The lowest BCUT2D eigenvalue weighted by molar-refractivity contribution is -0.209. The molecule has 8 heteroatoms. The maximum Gasteiger partial charge on any atom is 0.233 e. The highest BCUT2D eigenvalue weighted by Gasteiger charge is 2.48. The Labute approximate surface area is 226 Å². The van der Waals surface area contributed by atoms with Crippen molar-refractivity contribution in [3.63, 3.8) is 0 Å². The summed E-state index contributed by atoms with van der Waals surface area (Å²) in [5.74, 6) is -1.19. The third-order valence-corrected chi connectivity index (χ3v) is 7.70. The van der Waals surface area contributed by atoms with E-state index in [-0.39, 0.29) is 36.1 Å². The van der Waals surface area contributed by atoms with E-state index in [9.17, 15) is 23.5 Å². The van der Waals surface area contributed by atoms with Gasteiger partial charge in [-0.1, -0.05) is 36.4 Å². The predicted molar refractivity (Wildman–Crippen MR) is 141 cm³/mol. The minimum atomic E-state index is -0.814. The molecule has 0 bridgehead atoms. The Bertz CT molecular complexity index is 1280. The normalized spacial score (nSPS) is 20.7. The quantitative estimate of drug-likeness (QED) is 0.258. The number of hydrogen-bond acceptors (Lipinski definition) is 5. The predicted octanol–water partition coefficient (Wildman–Crippen LogP) is 5.10. The van der Waals surface area contributed by atoms with Crippen LogP contribution in [0.2, 0.25) is 0 Å². The molecule has 39 heavy (non-hydrogen) atoms. The molecule has 0 saturated carbocycles. The lowest BCUT2D eigenvalue weighted by atomic mass is 9.78. The van der Waals surface area contributed by atoms with Gasteiger partial charge in [0.1, 0.15) is 30.1 Å². The van der Waals surface area contributed by atoms with Gasteiger partial charge in [-0.2, -0.15) is 0 Å². The molecule has 6 nitrogen and oxygen atoms in total. The van der Waals surface area contributed by atoms with Gasteiger partial charge in [0, 0.05) is 5.69 Å². The van der Waals surface area contributed by atoms with Crippen molar-refractivity contribution in [1.82, 2.24) is 0 Å². The topological polar surface area (TPSA) is 76.1 Å². The van der Waals surface area contributed by atoms with Gasteiger partial charge in [0.25, 0.3) is 0 Å². The molecule has 3 aromatic rings. The summed E-state index contributed by atoms with van der Waals surface area (Å²) < 4.78 is 37.9. The Morgan fingerprint density at radius 3 is 2.23 bits per heavy atom. The number of benzene rings is 3. The van der Waals surface area contributed by atoms with Crippen LogP contribution in [0.1, 0.15) is 48.1 Å².